The molecule has 3 nitrogen and oxygen atoms in total. The van der Waals surface area contributed by atoms with Gasteiger partial charge < -0.3 is 10.6 Å². The molecule has 1 aromatic carbocycles. The number of hydrogen-bond donors (Lipinski definition) is 2. The largest absolute Gasteiger partial charge is 0.322 e. The summed E-state index contributed by atoms with van der Waals surface area (Å²) < 4.78 is 13.1. The van der Waals surface area contributed by atoms with Gasteiger partial charge in [0.15, 0.2) is 0 Å². The third kappa shape index (κ3) is 4.11. The number of anilines is 1. The van der Waals surface area contributed by atoms with Crippen molar-refractivity contribution in [1.82, 2.24) is 5.32 Å². The fourth-order valence-corrected chi connectivity index (χ4v) is 1.12. The maximum Gasteiger partial charge on any atom is 0.238 e. The van der Waals surface area contributed by atoms with Gasteiger partial charge in [0.05, 0.1) is 12.2 Å². The van der Waals surface area contributed by atoms with Crippen molar-refractivity contribution < 1.29 is 9.18 Å². The topological polar surface area (TPSA) is 41.1 Å². The number of benzene rings is 1. The first-order valence-electron chi connectivity index (χ1n) is 4.92. The minimum Gasteiger partial charge on any atom is -0.322 e. The summed E-state index contributed by atoms with van der Waals surface area (Å²) in [6, 6.07) is 6.02. The van der Waals surface area contributed by atoms with Gasteiger partial charge in [0.25, 0.3) is 0 Å². The zero-order valence-electron chi connectivity index (χ0n) is 8.79. The standard InChI is InChI=1S/C12H13FN2O/c1-2-3-8-14-9-12(16)15-11-7-5-4-6-10(11)13/h1,4-7,14H,3,8-9H2,(H,15,16). The van der Waals surface area contributed by atoms with Gasteiger partial charge in [0.2, 0.25) is 5.91 Å². The van der Waals surface area contributed by atoms with Gasteiger partial charge in [-0.25, -0.2) is 4.39 Å². The van der Waals surface area contributed by atoms with E-state index in [4.69, 9.17) is 6.42 Å². The average Bonchev–Trinajstić information content (AvgIpc) is 2.28. The SMILES string of the molecule is C#CCCNCC(=O)Nc1ccccc1F. The molecular formula is C12H13FN2O. The van der Waals surface area contributed by atoms with Crippen LogP contribution in [-0.4, -0.2) is 19.0 Å². The second-order valence-corrected chi connectivity index (χ2v) is 3.16. The van der Waals surface area contributed by atoms with Crippen molar-refractivity contribution in [2.24, 2.45) is 0 Å². The molecule has 0 aromatic heterocycles. The van der Waals surface area contributed by atoms with E-state index in [0.717, 1.165) is 0 Å². The van der Waals surface area contributed by atoms with Crippen LogP contribution in [0.15, 0.2) is 24.3 Å². The molecule has 16 heavy (non-hydrogen) atoms. The quantitative estimate of drug-likeness (QED) is 0.581. The maximum absolute atomic E-state index is 13.1. The lowest BCUT2D eigenvalue weighted by Gasteiger charge is -2.06. The minimum atomic E-state index is -0.445. The molecule has 0 heterocycles. The highest BCUT2D eigenvalue weighted by atomic mass is 19.1. The zero-order valence-corrected chi connectivity index (χ0v) is 8.79. The van der Waals surface area contributed by atoms with Crippen molar-refractivity contribution in [2.45, 2.75) is 6.42 Å². The molecule has 0 fully saturated rings. The number of hydrogen-bond acceptors (Lipinski definition) is 2. The van der Waals surface area contributed by atoms with Crippen molar-refractivity contribution in [3.8, 4) is 12.3 Å². The summed E-state index contributed by atoms with van der Waals surface area (Å²) in [6.07, 6.45) is 5.61. The van der Waals surface area contributed by atoms with Gasteiger partial charge in [-0.1, -0.05) is 12.1 Å². The van der Waals surface area contributed by atoms with Crippen molar-refractivity contribution in [1.29, 1.82) is 0 Å². The average molecular weight is 220 g/mol. The molecule has 0 aliphatic rings. The molecule has 1 amide bonds. The molecule has 0 aliphatic carbocycles. The van der Waals surface area contributed by atoms with Crippen molar-refractivity contribution >= 4 is 11.6 Å². The Balaban J connectivity index is 2.35. The van der Waals surface area contributed by atoms with E-state index in [2.05, 4.69) is 16.6 Å². The van der Waals surface area contributed by atoms with Crippen LogP contribution in [0.3, 0.4) is 0 Å². The molecule has 0 saturated heterocycles. The third-order valence-corrected chi connectivity index (χ3v) is 1.88. The molecule has 0 radical (unpaired) electrons. The minimum absolute atomic E-state index is 0.121. The van der Waals surface area contributed by atoms with E-state index in [1.165, 1.54) is 12.1 Å². The Hall–Kier alpha value is -1.86. The van der Waals surface area contributed by atoms with E-state index in [0.29, 0.717) is 13.0 Å². The number of halogens is 1. The van der Waals surface area contributed by atoms with Crippen LogP contribution in [0.5, 0.6) is 0 Å². The van der Waals surface area contributed by atoms with Crippen LogP contribution in [0.25, 0.3) is 0 Å². The Bertz CT molecular complexity index is 398. The zero-order chi connectivity index (χ0) is 11.8. The first-order chi connectivity index (χ1) is 7.74. The van der Waals surface area contributed by atoms with Crippen LogP contribution >= 0.6 is 0 Å². The molecular weight excluding hydrogens is 207 g/mol. The molecule has 0 spiro atoms. The van der Waals surface area contributed by atoms with Crippen molar-refractivity contribution in [3.63, 3.8) is 0 Å². The molecule has 0 atom stereocenters. The van der Waals surface area contributed by atoms with E-state index in [1.54, 1.807) is 12.1 Å². The molecule has 1 aromatic rings. The lowest BCUT2D eigenvalue weighted by Crippen LogP contribution is -2.28. The Morgan fingerprint density at radius 1 is 1.44 bits per heavy atom. The summed E-state index contributed by atoms with van der Waals surface area (Å²) in [6.45, 7) is 0.692. The Kier molecular flexibility index (Phi) is 5.03. The lowest BCUT2D eigenvalue weighted by molar-refractivity contribution is -0.115. The number of rotatable bonds is 5. The molecule has 0 bridgehead atoms. The summed E-state index contributed by atoms with van der Waals surface area (Å²) in [5, 5.41) is 5.31. The first-order valence-corrected chi connectivity index (χ1v) is 4.92. The highest BCUT2D eigenvalue weighted by molar-refractivity contribution is 5.92. The van der Waals surface area contributed by atoms with E-state index in [9.17, 15) is 9.18 Å². The van der Waals surface area contributed by atoms with Gasteiger partial charge in [-0.05, 0) is 12.1 Å². The second kappa shape index (κ2) is 6.59. The number of carbonyl (C=O) groups is 1. The van der Waals surface area contributed by atoms with E-state index < -0.39 is 5.82 Å². The van der Waals surface area contributed by atoms with Crippen molar-refractivity contribution in [2.75, 3.05) is 18.4 Å². The molecule has 84 valence electrons. The molecule has 1 rings (SSSR count). The van der Waals surface area contributed by atoms with Crippen LogP contribution in [0.4, 0.5) is 10.1 Å². The molecule has 0 aliphatic heterocycles. The van der Waals surface area contributed by atoms with Gasteiger partial charge in [0.1, 0.15) is 5.82 Å². The highest BCUT2D eigenvalue weighted by Crippen LogP contribution is 2.11. The lowest BCUT2D eigenvalue weighted by atomic mass is 10.3. The fraction of sp³-hybridized carbons (Fsp3) is 0.250. The summed E-state index contributed by atoms with van der Waals surface area (Å²) in [4.78, 5) is 11.3. The molecule has 0 saturated carbocycles. The van der Waals surface area contributed by atoms with Gasteiger partial charge in [-0.2, -0.15) is 0 Å². The van der Waals surface area contributed by atoms with Crippen LogP contribution < -0.4 is 10.6 Å². The number of carbonyl (C=O) groups excluding carboxylic acids is 1. The fourth-order valence-electron chi connectivity index (χ4n) is 1.12. The Morgan fingerprint density at radius 3 is 2.88 bits per heavy atom. The normalized spacial score (nSPS) is 9.50. The summed E-state index contributed by atoms with van der Waals surface area (Å²) in [5.74, 6) is 1.71. The second-order valence-electron chi connectivity index (χ2n) is 3.16. The summed E-state index contributed by atoms with van der Waals surface area (Å²) in [5.41, 5.74) is 0.186. The smallest absolute Gasteiger partial charge is 0.238 e. The number of amides is 1. The number of para-hydroxylation sites is 1. The van der Waals surface area contributed by atoms with Gasteiger partial charge in [-0.3, -0.25) is 4.79 Å². The predicted octanol–water partition coefficient (Wildman–Crippen LogP) is 1.38. The Labute approximate surface area is 94.0 Å². The monoisotopic (exact) mass is 220 g/mol. The molecule has 4 heteroatoms. The molecule has 0 unspecified atom stereocenters. The van der Waals surface area contributed by atoms with E-state index in [1.807, 2.05) is 0 Å². The van der Waals surface area contributed by atoms with Crippen molar-refractivity contribution in [3.05, 3.63) is 30.1 Å². The van der Waals surface area contributed by atoms with Gasteiger partial charge in [-0.15, -0.1) is 12.3 Å². The van der Waals surface area contributed by atoms with E-state index >= 15 is 0 Å². The Morgan fingerprint density at radius 2 is 2.19 bits per heavy atom. The predicted molar refractivity (Wildman–Crippen MR) is 61.3 cm³/mol. The third-order valence-electron chi connectivity index (χ3n) is 1.88. The number of terminal acetylenes is 1. The number of nitrogens with one attached hydrogen (secondary N) is 2. The molecule has 2 N–H and O–H groups in total. The van der Waals surface area contributed by atoms with Crippen LogP contribution in [0.1, 0.15) is 6.42 Å². The summed E-state index contributed by atoms with van der Waals surface area (Å²) in [7, 11) is 0. The summed E-state index contributed by atoms with van der Waals surface area (Å²) >= 11 is 0. The highest BCUT2D eigenvalue weighted by Gasteiger charge is 2.04. The van der Waals surface area contributed by atoms with Crippen LogP contribution in [-0.2, 0) is 4.79 Å². The van der Waals surface area contributed by atoms with E-state index in [-0.39, 0.29) is 18.1 Å². The first kappa shape index (κ1) is 12.2. The maximum atomic E-state index is 13.1. The van der Waals surface area contributed by atoms with Crippen LogP contribution in [0, 0.1) is 18.2 Å². The van der Waals surface area contributed by atoms with Crippen LogP contribution in [0.2, 0.25) is 0 Å². The van der Waals surface area contributed by atoms with Gasteiger partial charge in [0, 0.05) is 13.0 Å². The van der Waals surface area contributed by atoms with Gasteiger partial charge >= 0.3 is 0 Å².